The first-order valence-corrected chi connectivity index (χ1v) is 8.68. The van der Waals surface area contributed by atoms with Gasteiger partial charge >= 0.3 is 23.9 Å². The Balaban J connectivity index is 0.000000233. The van der Waals surface area contributed by atoms with E-state index in [9.17, 15) is 24.0 Å². The highest BCUT2D eigenvalue weighted by atomic mass is 16.7. The predicted molar refractivity (Wildman–Crippen MR) is 96.2 cm³/mol. The molecule has 0 radical (unpaired) electrons. The molecule has 15 heteroatoms. The third kappa shape index (κ3) is 5.74. The van der Waals surface area contributed by atoms with Crippen LogP contribution in [0, 0.1) is 0 Å². The van der Waals surface area contributed by atoms with Gasteiger partial charge in [0.15, 0.2) is 17.9 Å². The van der Waals surface area contributed by atoms with Crippen molar-refractivity contribution in [3.8, 4) is 0 Å². The van der Waals surface area contributed by atoms with Crippen molar-refractivity contribution in [2.45, 2.75) is 38.3 Å². The fourth-order valence-electron chi connectivity index (χ4n) is 2.54. The van der Waals surface area contributed by atoms with Gasteiger partial charge in [0.1, 0.15) is 0 Å². The van der Waals surface area contributed by atoms with Gasteiger partial charge in [0, 0.05) is 27.9 Å². The Morgan fingerprint density at radius 2 is 1.55 bits per heavy atom. The van der Waals surface area contributed by atoms with Crippen molar-refractivity contribution in [2.24, 2.45) is 16.1 Å². The minimum atomic E-state index is -1.31. The van der Waals surface area contributed by atoms with Crippen molar-refractivity contribution in [1.82, 2.24) is 15.0 Å². The lowest BCUT2D eigenvalue weighted by atomic mass is 10.1. The number of aromatic amines is 1. The van der Waals surface area contributed by atoms with Crippen LogP contribution in [0.15, 0.2) is 16.7 Å². The third-order valence-electron chi connectivity index (χ3n) is 3.66. The average Bonchev–Trinajstić information content (AvgIpc) is 3.32. The van der Waals surface area contributed by atoms with Crippen LogP contribution in [0.4, 0.5) is 5.82 Å². The number of fused-ring (bicyclic) bond motifs is 1. The lowest BCUT2D eigenvalue weighted by Gasteiger charge is -2.12. The van der Waals surface area contributed by atoms with E-state index in [0.29, 0.717) is 0 Å². The van der Waals surface area contributed by atoms with Crippen LogP contribution >= 0.6 is 0 Å². The topological polar surface area (TPSA) is 205 Å². The Hall–Kier alpha value is -4.04. The molecule has 0 saturated carbocycles. The molecule has 1 aromatic rings. The molecule has 2 aliphatic heterocycles. The highest BCUT2D eigenvalue weighted by Gasteiger charge is 2.61. The number of H-pyrrole nitrogens is 1. The van der Waals surface area contributed by atoms with Crippen molar-refractivity contribution >= 4 is 35.6 Å². The maximum atomic E-state index is 11.4. The molecule has 2 aliphatic rings. The smallest absolute Gasteiger partial charge is 0.352 e. The van der Waals surface area contributed by atoms with Gasteiger partial charge in [-0.2, -0.15) is 0 Å². The van der Waals surface area contributed by atoms with Gasteiger partial charge in [-0.25, -0.2) is 14.6 Å². The molecule has 168 valence electrons. The van der Waals surface area contributed by atoms with Crippen molar-refractivity contribution < 1.29 is 42.9 Å². The summed E-state index contributed by atoms with van der Waals surface area (Å²) in [6.45, 7) is 2.22. The van der Waals surface area contributed by atoms with Crippen molar-refractivity contribution in [3.05, 3.63) is 12.0 Å². The Kier molecular flexibility index (Phi) is 7.23. The van der Waals surface area contributed by atoms with Crippen LogP contribution in [0.2, 0.25) is 0 Å². The Morgan fingerprint density at radius 1 is 1.06 bits per heavy atom. The molecule has 2 saturated heterocycles. The molecule has 0 spiro atoms. The van der Waals surface area contributed by atoms with Gasteiger partial charge in [0.2, 0.25) is 18.0 Å². The quantitative estimate of drug-likeness (QED) is 0.240. The van der Waals surface area contributed by atoms with Crippen molar-refractivity contribution in [3.63, 3.8) is 0 Å². The number of primary amides is 1. The summed E-state index contributed by atoms with van der Waals surface area (Å²) < 4.78 is 19.1. The van der Waals surface area contributed by atoms with Gasteiger partial charge in [0.05, 0.1) is 6.33 Å². The van der Waals surface area contributed by atoms with Crippen LogP contribution in [0.5, 0.6) is 0 Å². The summed E-state index contributed by atoms with van der Waals surface area (Å²) in [4.78, 5) is 61.6. The third-order valence-corrected chi connectivity index (χ3v) is 3.66. The van der Waals surface area contributed by atoms with E-state index in [4.69, 9.17) is 24.7 Å². The summed E-state index contributed by atoms with van der Waals surface area (Å²) >= 11 is 0. The number of amides is 1. The Morgan fingerprint density at radius 3 is 1.94 bits per heavy atom. The molecule has 15 nitrogen and oxygen atoms in total. The van der Waals surface area contributed by atoms with Gasteiger partial charge in [-0.15, -0.1) is 5.11 Å². The average molecular weight is 440 g/mol. The molecule has 4 atom stereocenters. The van der Waals surface area contributed by atoms with Crippen LogP contribution in [-0.2, 0) is 38.1 Å². The lowest BCUT2D eigenvalue weighted by molar-refractivity contribution is -0.173. The summed E-state index contributed by atoms with van der Waals surface area (Å²) in [5, 5.41) is 8.86. The second-order valence-corrected chi connectivity index (χ2v) is 6.37. The van der Waals surface area contributed by atoms with Gasteiger partial charge in [-0.3, -0.25) is 19.4 Å². The zero-order valence-corrected chi connectivity index (χ0v) is 16.9. The summed E-state index contributed by atoms with van der Waals surface area (Å²) in [5.74, 6) is -3.48. The van der Waals surface area contributed by atoms with Crippen molar-refractivity contribution in [1.29, 1.82) is 0 Å². The number of ether oxygens (including phenoxy) is 4. The lowest BCUT2D eigenvalue weighted by Crippen LogP contribution is -2.36. The van der Waals surface area contributed by atoms with Gasteiger partial charge in [0.25, 0.3) is 5.91 Å². The maximum Gasteiger partial charge on any atom is 0.352 e. The molecule has 3 rings (SSSR count). The molecule has 2 fully saturated rings. The molecule has 0 unspecified atom stereocenters. The Labute approximate surface area is 174 Å². The summed E-state index contributed by atoms with van der Waals surface area (Å²) in [7, 11) is 3.42. The van der Waals surface area contributed by atoms with Crippen molar-refractivity contribution in [2.75, 3.05) is 14.1 Å². The zero-order chi connectivity index (χ0) is 23.3. The predicted octanol–water partition coefficient (Wildman–Crippen LogP) is -1.23. The number of carbonyl (C=O) groups is 5. The summed E-state index contributed by atoms with van der Waals surface area (Å²) in [5.41, 5.74) is 5.20. The van der Waals surface area contributed by atoms with Gasteiger partial charge < -0.3 is 29.7 Å². The zero-order valence-electron chi connectivity index (χ0n) is 16.9. The molecule has 31 heavy (non-hydrogen) atoms. The molecule has 3 heterocycles. The number of nitrogens with one attached hydrogen (secondary N) is 1. The maximum absolute atomic E-state index is 11.4. The number of hydrogen-bond acceptors (Lipinski definition) is 12. The molecular weight excluding hydrogens is 420 g/mol. The fraction of sp³-hybridized carbons (Fsp3) is 0.500. The van der Waals surface area contributed by atoms with E-state index in [1.54, 1.807) is 14.1 Å². The van der Waals surface area contributed by atoms with E-state index in [1.807, 2.05) is 0 Å². The number of aromatic nitrogens is 2. The van der Waals surface area contributed by atoms with Crippen LogP contribution < -0.4 is 5.73 Å². The highest BCUT2D eigenvalue weighted by molar-refractivity contribution is 5.94. The molecule has 0 aromatic carbocycles. The van der Waals surface area contributed by atoms with E-state index in [2.05, 4.69) is 20.3 Å². The first-order valence-electron chi connectivity index (χ1n) is 8.68. The Bertz CT molecular complexity index is 871. The summed E-state index contributed by atoms with van der Waals surface area (Å²) in [6, 6.07) is 0. The first kappa shape index (κ1) is 23.2. The SMILES string of the molecule is CC(=O)O[C@@H]1C(=O)O[C@@H]2[C@H]1OC(=O)[C@@H]2OC(C)=O.CN(C)N=Nc1nc[nH]c1C(N)=O. The normalized spacial score (nSPS) is 23.9. The minimum absolute atomic E-state index is 0.158. The number of nitrogens with two attached hydrogens (primary N) is 1. The monoisotopic (exact) mass is 440 g/mol. The molecule has 1 aromatic heterocycles. The van der Waals surface area contributed by atoms with E-state index in [1.165, 1.54) is 11.3 Å². The molecular formula is C16H20N6O9. The number of carbonyl (C=O) groups excluding carboxylic acids is 5. The minimum Gasteiger partial charge on any atom is -0.451 e. The van der Waals surface area contributed by atoms with E-state index in [0.717, 1.165) is 13.8 Å². The fourth-order valence-corrected chi connectivity index (χ4v) is 2.54. The summed E-state index contributed by atoms with van der Waals surface area (Å²) in [6.07, 6.45) is -3.42. The highest BCUT2D eigenvalue weighted by Crippen LogP contribution is 2.32. The number of esters is 4. The van der Waals surface area contributed by atoms with Crippen LogP contribution in [0.1, 0.15) is 24.3 Å². The van der Waals surface area contributed by atoms with Crippen LogP contribution in [0.25, 0.3) is 0 Å². The second-order valence-electron chi connectivity index (χ2n) is 6.37. The number of hydrogen-bond donors (Lipinski definition) is 2. The number of nitrogens with zero attached hydrogens (tertiary/aromatic N) is 4. The number of rotatable bonds is 5. The van der Waals surface area contributed by atoms with Crippen LogP contribution in [0.3, 0.4) is 0 Å². The molecule has 3 N–H and O–H groups in total. The van der Waals surface area contributed by atoms with E-state index >= 15 is 0 Å². The van der Waals surface area contributed by atoms with E-state index < -0.39 is 54.2 Å². The molecule has 1 amide bonds. The van der Waals surface area contributed by atoms with Gasteiger partial charge in [-0.05, 0) is 0 Å². The van der Waals surface area contributed by atoms with E-state index in [-0.39, 0.29) is 11.5 Å². The standard InChI is InChI=1S/C10H10O8.C6H10N6O/c1-3(11)15-7-5-6(18-9(7)13)8(10(14)17-5)16-4(2)12;1-12(2)11-10-6-4(5(7)13)8-3-9-6/h5-8H,1-2H3;3H,1-2H3,(H2,7,13)(H,8,9)/t5-,6-,7-,8+;/m1./s1. The molecule has 0 bridgehead atoms. The van der Waals surface area contributed by atoms with Gasteiger partial charge in [-0.1, -0.05) is 5.22 Å². The van der Waals surface area contributed by atoms with Crippen LogP contribution in [-0.4, -0.2) is 83.3 Å². The molecule has 0 aliphatic carbocycles. The first-order chi connectivity index (χ1) is 14.5. The largest absolute Gasteiger partial charge is 0.451 e. The second kappa shape index (κ2) is 9.64. The number of imidazole rings is 1.